The van der Waals surface area contributed by atoms with Gasteiger partial charge in [-0.1, -0.05) is 19.9 Å². The molecule has 2 aromatic rings. The molecule has 4 heteroatoms. The predicted octanol–water partition coefficient (Wildman–Crippen LogP) is 3.75. The smallest absolute Gasteiger partial charge is 0.371 e. The monoisotopic (exact) mass is 287 g/mol. The summed E-state index contributed by atoms with van der Waals surface area (Å²) in [4.78, 5) is 13.5. The lowest BCUT2D eigenvalue weighted by Crippen LogP contribution is -2.29. The molecule has 0 unspecified atom stereocenters. The van der Waals surface area contributed by atoms with E-state index in [1.165, 1.54) is 18.4 Å². The molecule has 1 aromatic heterocycles. The summed E-state index contributed by atoms with van der Waals surface area (Å²) >= 11 is 0. The Kier molecular flexibility index (Phi) is 3.72. The molecule has 0 amide bonds. The first kappa shape index (κ1) is 14.1. The molecule has 0 bridgehead atoms. The van der Waals surface area contributed by atoms with Crippen molar-refractivity contribution < 1.29 is 14.3 Å². The van der Waals surface area contributed by atoms with Crippen LogP contribution in [0.5, 0.6) is 0 Å². The van der Waals surface area contributed by atoms with Gasteiger partial charge in [0.1, 0.15) is 5.58 Å². The number of fused-ring (bicyclic) bond motifs is 1. The third-order valence-corrected chi connectivity index (χ3v) is 3.84. The van der Waals surface area contributed by atoms with Gasteiger partial charge in [-0.05, 0) is 42.5 Å². The van der Waals surface area contributed by atoms with E-state index in [9.17, 15) is 4.79 Å². The summed E-state index contributed by atoms with van der Waals surface area (Å²) < 4.78 is 5.30. The molecule has 21 heavy (non-hydrogen) atoms. The molecule has 1 aliphatic carbocycles. The summed E-state index contributed by atoms with van der Waals surface area (Å²) in [5.74, 6) is -0.364. The van der Waals surface area contributed by atoms with Crippen molar-refractivity contribution in [3.8, 4) is 0 Å². The van der Waals surface area contributed by atoms with Crippen LogP contribution in [0.2, 0.25) is 0 Å². The van der Waals surface area contributed by atoms with E-state index in [0.717, 1.165) is 24.5 Å². The molecular weight excluding hydrogens is 266 g/mol. The predicted molar refractivity (Wildman–Crippen MR) is 81.4 cm³/mol. The van der Waals surface area contributed by atoms with Crippen LogP contribution in [0.3, 0.4) is 0 Å². The van der Waals surface area contributed by atoms with Crippen LogP contribution >= 0.6 is 0 Å². The number of rotatable bonds is 6. The molecule has 0 spiro atoms. The standard InChI is InChI=1S/C17H21NO3/c1-11(2)9-18(14-4-5-14)10-12-3-6-15-13(7-12)8-16(21-15)17(19)20/h3,6-8,11,14H,4-5,9-10H2,1-2H3,(H,19,20). The number of hydrogen-bond acceptors (Lipinski definition) is 3. The number of aromatic carboxylic acids is 1. The van der Waals surface area contributed by atoms with Crippen molar-refractivity contribution in [2.75, 3.05) is 6.54 Å². The van der Waals surface area contributed by atoms with E-state index in [1.54, 1.807) is 6.07 Å². The second-order valence-corrected chi connectivity index (χ2v) is 6.34. The first-order valence-electron chi connectivity index (χ1n) is 7.53. The largest absolute Gasteiger partial charge is 0.475 e. The number of carboxylic acids is 1. The van der Waals surface area contributed by atoms with E-state index in [1.807, 2.05) is 18.2 Å². The lowest BCUT2D eigenvalue weighted by atomic mass is 10.1. The van der Waals surface area contributed by atoms with Gasteiger partial charge in [-0.25, -0.2) is 4.79 Å². The van der Waals surface area contributed by atoms with E-state index in [4.69, 9.17) is 9.52 Å². The molecule has 0 atom stereocenters. The number of furan rings is 1. The van der Waals surface area contributed by atoms with Gasteiger partial charge < -0.3 is 9.52 Å². The molecule has 1 N–H and O–H groups in total. The van der Waals surface area contributed by atoms with Crippen molar-refractivity contribution in [1.29, 1.82) is 0 Å². The Hall–Kier alpha value is -1.81. The summed E-state index contributed by atoms with van der Waals surface area (Å²) in [5.41, 5.74) is 1.85. The zero-order valence-corrected chi connectivity index (χ0v) is 12.5. The topological polar surface area (TPSA) is 53.7 Å². The Labute approximate surface area is 124 Å². The molecule has 0 radical (unpaired) electrons. The summed E-state index contributed by atoms with van der Waals surface area (Å²) in [7, 11) is 0. The minimum atomic E-state index is -1.02. The maximum Gasteiger partial charge on any atom is 0.371 e. The van der Waals surface area contributed by atoms with Gasteiger partial charge in [0.15, 0.2) is 0 Å². The molecular formula is C17H21NO3. The van der Waals surface area contributed by atoms with Gasteiger partial charge in [0.25, 0.3) is 0 Å². The summed E-state index contributed by atoms with van der Waals surface area (Å²) in [6.45, 7) is 6.52. The normalized spacial score (nSPS) is 15.2. The van der Waals surface area contributed by atoms with Crippen LogP contribution in [0.4, 0.5) is 0 Å². The molecule has 1 heterocycles. The first-order valence-corrected chi connectivity index (χ1v) is 7.53. The van der Waals surface area contributed by atoms with Crippen LogP contribution in [-0.2, 0) is 6.54 Å². The third kappa shape index (κ3) is 3.27. The van der Waals surface area contributed by atoms with E-state index in [0.29, 0.717) is 11.5 Å². The Morgan fingerprint density at radius 2 is 2.14 bits per heavy atom. The Balaban J connectivity index is 1.81. The molecule has 0 aliphatic heterocycles. The molecule has 1 saturated carbocycles. The number of benzene rings is 1. The molecule has 112 valence electrons. The van der Waals surface area contributed by atoms with Gasteiger partial charge in [-0.3, -0.25) is 4.90 Å². The Morgan fingerprint density at radius 1 is 1.38 bits per heavy atom. The van der Waals surface area contributed by atoms with E-state index in [-0.39, 0.29) is 5.76 Å². The van der Waals surface area contributed by atoms with Crippen molar-refractivity contribution in [3.05, 3.63) is 35.6 Å². The number of carboxylic acid groups (broad SMARTS) is 1. The maximum absolute atomic E-state index is 11.0. The van der Waals surface area contributed by atoms with Crippen molar-refractivity contribution in [3.63, 3.8) is 0 Å². The Bertz CT molecular complexity index is 655. The lowest BCUT2D eigenvalue weighted by Gasteiger charge is -2.24. The zero-order chi connectivity index (χ0) is 15.0. The summed E-state index contributed by atoms with van der Waals surface area (Å²) in [6.07, 6.45) is 2.59. The fourth-order valence-corrected chi connectivity index (χ4v) is 2.78. The molecule has 3 rings (SSSR count). The van der Waals surface area contributed by atoms with Gasteiger partial charge in [-0.15, -0.1) is 0 Å². The second kappa shape index (κ2) is 5.53. The Morgan fingerprint density at radius 3 is 2.76 bits per heavy atom. The molecule has 1 fully saturated rings. The van der Waals surface area contributed by atoms with Crippen molar-refractivity contribution >= 4 is 16.9 Å². The SMILES string of the molecule is CC(C)CN(Cc1ccc2oc(C(=O)O)cc2c1)C1CC1. The quantitative estimate of drug-likeness (QED) is 0.879. The minimum absolute atomic E-state index is 0.00313. The van der Waals surface area contributed by atoms with Gasteiger partial charge in [0, 0.05) is 24.5 Å². The van der Waals surface area contributed by atoms with Crippen molar-refractivity contribution in [2.24, 2.45) is 5.92 Å². The van der Waals surface area contributed by atoms with Crippen LogP contribution in [0.15, 0.2) is 28.7 Å². The van der Waals surface area contributed by atoms with E-state index in [2.05, 4.69) is 18.7 Å². The number of hydrogen-bond donors (Lipinski definition) is 1. The molecule has 1 aromatic carbocycles. The highest BCUT2D eigenvalue weighted by atomic mass is 16.4. The lowest BCUT2D eigenvalue weighted by molar-refractivity contribution is 0.0665. The highest BCUT2D eigenvalue weighted by Crippen LogP contribution is 2.30. The fourth-order valence-electron chi connectivity index (χ4n) is 2.78. The highest BCUT2D eigenvalue weighted by Gasteiger charge is 2.29. The molecule has 0 saturated heterocycles. The maximum atomic E-state index is 11.0. The van der Waals surface area contributed by atoms with Crippen LogP contribution in [0.25, 0.3) is 11.0 Å². The first-order chi connectivity index (χ1) is 10.0. The zero-order valence-electron chi connectivity index (χ0n) is 12.5. The van der Waals surface area contributed by atoms with Gasteiger partial charge >= 0.3 is 5.97 Å². The summed E-state index contributed by atoms with van der Waals surface area (Å²) in [6, 6.07) is 8.28. The fraction of sp³-hybridized carbons (Fsp3) is 0.471. The van der Waals surface area contributed by atoms with Crippen LogP contribution in [-0.4, -0.2) is 28.6 Å². The van der Waals surface area contributed by atoms with Crippen molar-refractivity contribution in [1.82, 2.24) is 4.90 Å². The van der Waals surface area contributed by atoms with Crippen LogP contribution in [0, 0.1) is 5.92 Å². The number of nitrogens with zero attached hydrogens (tertiary/aromatic N) is 1. The van der Waals surface area contributed by atoms with Crippen molar-refractivity contribution in [2.45, 2.75) is 39.3 Å². The minimum Gasteiger partial charge on any atom is -0.475 e. The van der Waals surface area contributed by atoms with E-state index < -0.39 is 5.97 Å². The third-order valence-electron chi connectivity index (χ3n) is 3.84. The average molecular weight is 287 g/mol. The second-order valence-electron chi connectivity index (χ2n) is 6.34. The van der Waals surface area contributed by atoms with Gasteiger partial charge in [-0.2, -0.15) is 0 Å². The van der Waals surface area contributed by atoms with Gasteiger partial charge in [0.05, 0.1) is 0 Å². The molecule has 1 aliphatic rings. The van der Waals surface area contributed by atoms with Crippen LogP contribution < -0.4 is 0 Å². The highest BCUT2D eigenvalue weighted by molar-refractivity contribution is 5.91. The van der Waals surface area contributed by atoms with Crippen LogP contribution in [0.1, 0.15) is 42.8 Å². The summed E-state index contributed by atoms with van der Waals surface area (Å²) in [5, 5.41) is 9.84. The molecule has 4 nitrogen and oxygen atoms in total. The number of carbonyl (C=O) groups is 1. The van der Waals surface area contributed by atoms with Gasteiger partial charge in [0.2, 0.25) is 5.76 Å². The average Bonchev–Trinajstić information content (AvgIpc) is 3.16. The van der Waals surface area contributed by atoms with E-state index >= 15 is 0 Å².